The second-order valence-electron chi connectivity index (χ2n) is 8.22. The molecule has 1 N–H and O–H groups in total. The molecule has 1 heterocycles. The largest absolute Gasteiger partial charge is 0.308 e. The molecule has 3 nitrogen and oxygen atoms in total. The summed E-state index contributed by atoms with van der Waals surface area (Å²) in [6.07, 6.45) is 13.2. The predicted octanol–water partition coefficient (Wildman–Crippen LogP) is 3.20. The highest BCUT2D eigenvalue weighted by Gasteiger charge is 2.53. The van der Waals surface area contributed by atoms with Crippen LogP contribution in [-0.4, -0.2) is 16.0 Å². The zero-order valence-electron chi connectivity index (χ0n) is 12.7. The molecule has 1 aromatic rings. The zero-order valence-corrected chi connectivity index (χ0v) is 12.7. The van der Waals surface area contributed by atoms with Crippen LogP contribution < -0.4 is 5.32 Å². The smallest absolute Gasteiger partial charge is 0.134 e. The van der Waals surface area contributed by atoms with Gasteiger partial charge in [0.2, 0.25) is 0 Å². The Morgan fingerprint density at radius 3 is 2.33 bits per heavy atom. The molecule has 0 amide bonds. The van der Waals surface area contributed by atoms with Crippen molar-refractivity contribution in [1.29, 1.82) is 0 Å². The summed E-state index contributed by atoms with van der Waals surface area (Å²) in [5.41, 5.74) is 1.53. The minimum atomic E-state index is 0.338. The molecule has 5 aliphatic carbocycles. The minimum absolute atomic E-state index is 0.338. The highest BCUT2D eigenvalue weighted by Crippen LogP contribution is 2.60. The summed E-state index contributed by atoms with van der Waals surface area (Å²) in [4.78, 5) is 9.72. The second kappa shape index (κ2) is 4.52. The van der Waals surface area contributed by atoms with Crippen molar-refractivity contribution >= 4 is 0 Å². The average Bonchev–Trinajstić information content (AvgIpc) is 3.28. The Kier molecular flexibility index (Phi) is 2.70. The molecule has 0 atom stereocenters. The third-order valence-electron chi connectivity index (χ3n) is 6.38. The standard InChI is InChI=1S/C18H25N3/c1-2-15(1)20-11-16-3-4-19-17(21-16)18-8-12-5-13(9-18)7-14(6-12)10-18/h3-4,12-15,20H,1-2,5-11H2. The van der Waals surface area contributed by atoms with Gasteiger partial charge in [0.15, 0.2) is 0 Å². The maximum atomic E-state index is 4.99. The normalized spacial score (nSPS) is 40.7. The first-order valence-electron chi connectivity index (χ1n) is 8.85. The van der Waals surface area contributed by atoms with E-state index in [4.69, 9.17) is 9.97 Å². The molecule has 0 aromatic carbocycles. The molecule has 0 unspecified atom stereocenters. The van der Waals surface area contributed by atoms with Crippen LogP contribution in [0, 0.1) is 17.8 Å². The molecule has 5 aliphatic rings. The summed E-state index contributed by atoms with van der Waals surface area (Å²) >= 11 is 0. The number of hydrogen-bond acceptors (Lipinski definition) is 3. The van der Waals surface area contributed by atoms with E-state index in [2.05, 4.69) is 11.4 Å². The van der Waals surface area contributed by atoms with E-state index in [1.54, 1.807) is 0 Å². The first-order chi connectivity index (χ1) is 10.3. The van der Waals surface area contributed by atoms with Gasteiger partial charge in [-0.2, -0.15) is 0 Å². The van der Waals surface area contributed by atoms with Crippen LogP contribution in [0.3, 0.4) is 0 Å². The maximum Gasteiger partial charge on any atom is 0.134 e. The van der Waals surface area contributed by atoms with E-state index in [-0.39, 0.29) is 0 Å². The van der Waals surface area contributed by atoms with E-state index in [9.17, 15) is 0 Å². The van der Waals surface area contributed by atoms with Crippen LogP contribution >= 0.6 is 0 Å². The summed E-state index contributed by atoms with van der Waals surface area (Å²) in [7, 11) is 0. The lowest BCUT2D eigenvalue weighted by molar-refractivity contribution is -0.00950. The quantitative estimate of drug-likeness (QED) is 0.922. The van der Waals surface area contributed by atoms with Gasteiger partial charge in [0.1, 0.15) is 5.82 Å². The topological polar surface area (TPSA) is 37.8 Å². The maximum absolute atomic E-state index is 4.99. The zero-order chi connectivity index (χ0) is 13.9. The lowest BCUT2D eigenvalue weighted by Gasteiger charge is -2.56. The van der Waals surface area contributed by atoms with E-state index in [0.717, 1.165) is 30.3 Å². The van der Waals surface area contributed by atoms with Crippen molar-refractivity contribution < 1.29 is 0 Å². The van der Waals surface area contributed by atoms with Gasteiger partial charge in [-0.05, 0) is 75.2 Å². The molecule has 6 rings (SSSR count). The van der Waals surface area contributed by atoms with Crippen LogP contribution in [0.4, 0.5) is 0 Å². The van der Waals surface area contributed by atoms with E-state index in [0.29, 0.717) is 5.41 Å². The van der Waals surface area contributed by atoms with Crippen LogP contribution in [-0.2, 0) is 12.0 Å². The molecule has 1 aromatic heterocycles. The summed E-state index contributed by atoms with van der Waals surface area (Å²) in [6, 6.07) is 2.85. The summed E-state index contributed by atoms with van der Waals surface area (Å²) in [5.74, 6) is 4.07. The molecular formula is C18H25N3. The van der Waals surface area contributed by atoms with Gasteiger partial charge >= 0.3 is 0 Å². The molecule has 5 fully saturated rings. The van der Waals surface area contributed by atoms with Crippen molar-refractivity contribution in [3.05, 3.63) is 23.8 Å². The fraction of sp³-hybridized carbons (Fsp3) is 0.778. The molecule has 0 spiro atoms. The number of nitrogens with zero attached hydrogens (tertiary/aromatic N) is 2. The number of aromatic nitrogens is 2. The molecule has 0 aliphatic heterocycles. The molecule has 3 heteroatoms. The Labute approximate surface area is 127 Å². The van der Waals surface area contributed by atoms with Gasteiger partial charge in [-0.1, -0.05) is 0 Å². The van der Waals surface area contributed by atoms with Crippen LogP contribution in [0.25, 0.3) is 0 Å². The number of nitrogens with one attached hydrogen (secondary N) is 1. The van der Waals surface area contributed by atoms with Crippen LogP contribution in [0.5, 0.6) is 0 Å². The van der Waals surface area contributed by atoms with E-state index >= 15 is 0 Å². The van der Waals surface area contributed by atoms with Crippen LogP contribution in [0.1, 0.15) is 62.9 Å². The van der Waals surface area contributed by atoms with Crippen molar-refractivity contribution in [1.82, 2.24) is 15.3 Å². The number of hydrogen-bond donors (Lipinski definition) is 1. The SMILES string of the molecule is c1cc(CNC2CC2)nc(C23CC4CC(CC(C4)C2)C3)n1. The molecule has 0 radical (unpaired) electrons. The number of rotatable bonds is 4. The van der Waals surface area contributed by atoms with Gasteiger partial charge < -0.3 is 5.32 Å². The summed E-state index contributed by atoms with van der Waals surface area (Å²) in [6.45, 7) is 0.923. The van der Waals surface area contributed by atoms with Gasteiger partial charge in [0.25, 0.3) is 0 Å². The predicted molar refractivity (Wildman–Crippen MR) is 81.7 cm³/mol. The van der Waals surface area contributed by atoms with Crippen molar-refractivity contribution in [3.8, 4) is 0 Å². The van der Waals surface area contributed by atoms with Gasteiger partial charge in [0.05, 0.1) is 5.69 Å². The Balaban J connectivity index is 1.42. The van der Waals surface area contributed by atoms with Gasteiger partial charge in [0, 0.05) is 24.2 Å². The van der Waals surface area contributed by atoms with Gasteiger partial charge in [-0.25, -0.2) is 9.97 Å². The third kappa shape index (κ3) is 2.21. The Bertz CT molecular complexity index is 514. The molecule has 4 bridgehead atoms. The fourth-order valence-corrected chi connectivity index (χ4v) is 5.67. The Morgan fingerprint density at radius 2 is 1.71 bits per heavy atom. The lowest BCUT2D eigenvalue weighted by atomic mass is 9.49. The molecule has 0 saturated heterocycles. The van der Waals surface area contributed by atoms with Crippen LogP contribution in [0.2, 0.25) is 0 Å². The molecule has 21 heavy (non-hydrogen) atoms. The first-order valence-corrected chi connectivity index (χ1v) is 8.85. The van der Waals surface area contributed by atoms with Crippen LogP contribution in [0.15, 0.2) is 12.3 Å². The summed E-state index contributed by atoms with van der Waals surface area (Å²) in [5, 5.41) is 3.58. The highest BCUT2D eigenvalue weighted by atomic mass is 15.0. The van der Waals surface area contributed by atoms with Gasteiger partial charge in [-0.15, -0.1) is 0 Å². The summed E-state index contributed by atoms with van der Waals surface area (Å²) < 4.78 is 0. The third-order valence-corrected chi connectivity index (χ3v) is 6.38. The second-order valence-corrected chi connectivity index (χ2v) is 8.22. The van der Waals surface area contributed by atoms with Crippen molar-refractivity contribution in [2.75, 3.05) is 0 Å². The first kappa shape index (κ1) is 12.6. The Hall–Kier alpha value is -0.960. The van der Waals surface area contributed by atoms with Crippen molar-refractivity contribution in [2.45, 2.75) is 69.4 Å². The van der Waals surface area contributed by atoms with E-state index in [1.807, 2.05) is 6.20 Å². The fourth-order valence-electron chi connectivity index (χ4n) is 5.67. The van der Waals surface area contributed by atoms with Crippen molar-refractivity contribution in [2.24, 2.45) is 17.8 Å². The average molecular weight is 283 g/mol. The molecule has 5 saturated carbocycles. The highest BCUT2D eigenvalue weighted by molar-refractivity contribution is 5.19. The van der Waals surface area contributed by atoms with E-state index < -0.39 is 0 Å². The minimum Gasteiger partial charge on any atom is -0.308 e. The molecule has 112 valence electrons. The van der Waals surface area contributed by atoms with Gasteiger partial charge in [-0.3, -0.25) is 0 Å². The molecular weight excluding hydrogens is 258 g/mol. The van der Waals surface area contributed by atoms with Crippen molar-refractivity contribution in [3.63, 3.8) is 0 Å². The van der Waals surface area contributed by atoms with E-state index in [1.165, 1.54) is 62.9 Å². The Morgan fingerprint density at radius 1 is 1.05 bits per heavy atom. The lowest BCUT2D eigenvalue weighted by Crippen LogP contribution is -2.49. The monoisotopic (exact) mass is 283 g/mol.